The second-order valence-electron chi connectivity index (χ2n) is 5.36. The molecule has 3 aromatic carbocycles. The lowest BCUT2D eigenvalue weighted by molar-refractivity contribution is -0.138. The maximum Gasteiger partial charge on any atom is 0.310 e. The third kappa shape index (κ3) is 2.58. The molecule has 0 amide bonds. The molecule has 0 aliphatic rings. The Kier molecular flexibility index (Phi) is 3.63. The van der Waals surface area contributed by atoms with Crippen LogP contribution in [0.4, 0.5) is 4.39 Å². The van der Waals surface area contributed by atoms with Gasteiger partial charge in [0, 0.05) is 5.56 Å². The van der Waals surface area contributed by atoms with Crippen molar-refractivity contribution in [2.45, 2.75) is 12.8 Å². The maximum atomic E-state index is 14.4. The highest BCUT2D eigenvalue weighted by Crippen LogP contribution is 2.29. The molecule has 1 atom stereocenters. The summed E-state index contributed by atoms with van der Waals surface area (Å²) in [6, 6.07) is 18.3. The van der Waals surface area contributed by atoms with Crippen LogP contribution in [0.2, 0.25) is 0 Å². The first kappa shape index (κ1) is 14.3. The number of halogens is 1. The van der Waals surface area contributed by atoms with Crippen LogP contribution in [0.3, 0.4) is 0 Å². The van der Waals surface area contributed by atoms with Crippen LogP contribution in [0.15, 0.2) is 60.7 Å². The number of aliphatic carboxylic acids is 1. The predicted octanol–water partition coefficient (Wildman–Crippen LogP) is 4.83. The number of carboxylic acid groups (broad SMARTS) is 1. The quantitative estimate of drug-likeness (QED) is 0.751. The maximum absolute atomic E-state index is 14.4. The second-order valence-corrected chi connectivity index (χ2v) is 5.36. The average Bonchev–Trinajstić information content (AvgIpc) is 2.53. The van der Waals surface area contributed by atoms with E-state index in [0.717, 1.165) is 16.3 Å². The van der Waals surface area contributed by atoms with Crippen LogP contribution in [-0.4, -0.2) is 11.1 Å². The van der Waals surface area contributed by atoms with E-state index in [1.54, 1.807) is 19.1 Å². The van der Waals surface area contributed by atoms with Crippen LogP contribution in [0.25, 0.3) is 21.9 Å². The fraction of sp³-hybridized carbons (Fsp3) is 0.105. The van der Waals surface area contributed by atoms with Gasteiger partial charge in [-0.3, -0.25) is 4.79 Å². The first-order valence-corrected chi connectivity index (χ1v) is 7.07. The van der Waals surface area contributed by atoms with E-state index in [0.29, 0.717) is 11.1 Å². The van der Waals surface area contributed by atoms with Crippen molar-refractivity contribution in [2.24, 2.45) is 0 Å². The van der Waals surface area contributed by atoms with Crippen molar-refractivity contribution in [3.05, 3.63) is 72.0 Å². The third-order valence-electron chi connectivity index (χ3n) is 3.92. The second kappa shape index (κ2) is 5.60. The summed E-state index contributed by atoms with van der Waals surface area (Å²) >= 11 is 0. The van der Waals surface area contributed by atoms with Gasteiger partial charge in [0.1, 0.15) is 5.82 Å². The number of hydrogen-bond acceptors (Lipinski definition) is 1. The largest absolute Gasteiger partial charge is 0.481 e. The fourth-order valence-corrected chi connectivity index (χ4v) is 2.53. The SMILES string of the molecule is CC(C(=O)O)c1ccc(-c2ccc3ccccc3c2)c(F)c1. The van der Waals surface area contributed by atoms with Gasteiger partial charge in [0.15, 0.2) is 0 Å². The topological polar surface area (TPSA) is 37.3 Å². The highest BCUT2D eigenvalue weighted by molar-refractivity contribution is 5.87. The standard InChI is InChI=1S/C19H15FO2/c1-12(19(21)22)14-8-9-17(18(20)11-14)16-7-6-13-4-2-3-5-15(13)10-16/h2-12H,1H3,(H,21,22). The van der Waals surface area contributed by atoms with Gasteiger partial charge in [-0.05, 0) is 41.0 Å². The van der Waals surface area contributed by atoms with Crippen LogP contribution in [-0.2, 0) is 4.79 Å². The van der Waals surface area contributed by atoms with E-state index in [4.69, 9.17) is 5.11 Å². The molecule has 22 heavy (non-hydrogen) atoms. The van der Waals surface area contributed by atoms with Crippen molar-refractivity contribution < 1.29 is 14.3 Å². The Labute approximate surface area is 127 Å². The molecule has 2 nitrogen and oxygen atoms in total. The summed E-state index contributed by atoms with van der Waals surface area (Å²) in [6.07, 6.45) is 0. The molecule has 1 unspecified atom stereocenters. The van der Waals surface area contributed by atoms with Gasteiger partial charge in [0.05, 0.1) is 5.92 Å². The minimum atomic E-state index is -0.960. The van der Waals surface area contributed by atoms with Crippen LogP contribution in [0, 0.1) is 5.82 Å². The highest BCUT2D eigenvalue weighted by atomic mass is 19.1. The Morgan fingerprint density at radius 1 is 1.00 bits per heavy atom. The smallest absolute Gasteiger partial charge is 0.310 e. The van der Waals surface area contributed by atoms with Crippen molar-refractivity contribution in [2.75, 3.05) is 0 Å². The van der Waals surface area contributed by atoms with E-state index >= 15 is 0 Å². The lowest BCUT2D eigenvalue weighted by atomic mass is 9.96. The van der Waals surface area contributed by atoms with Crippen LogP contribution >= 0.6 is 0 Å². The zero-order valence-corrected chi connectivity index (χ0v) is 12.1. The number of carboxylic acids is 1. The normalized spacial score (nSPS) is 12.3. The molecule has 0 heterocycles. The summed E-state index contributed by atoms with van der Waals surface area (Å²) in [5.41, 5.74) is 1.73. The number of benzene rings is 3. The predicted molar refractivity (Wildman–Crippen MR) is 85.4 cm³/mol. The van der Waals surface area contributed by atoms with E-state index in [9.17, 15) is 9.18 Å². The molecule has 0 aliphatic heterocycles. The molecule has 3 aromatic rings. The molecule has 0 fully saturated rings. The third-order valence-corrected chi connectivity index (χ3v) is 3.92. The van der Waals surface area contributed by atoms with Gasteiger partial charge in [-0.1, -0.05) is 48.5 Å². The first-order chi connectivity index (χ1) is 10.6. The van der Waals surface area contributed by atoms with Gasteiger partial charge in [0.2, 0.25) is 0 Å². The van der Waals surface area contributed by atoms with Crippen molar-refractivity contribution in [3.63, 3.8) is 0 Å². The van der Waals surface area contributed by atoms with Gasteiger partial charge in [-0.2, -0.15) is 0 Å². The van der Waals surface area contributed by atoms with E-state index in [2.05, 4.69) is 0 Å². The summed E-state index contributed by atoms with van der Waals surface area (Å²) in [4.78, 5) is 11.0. The van der Waals surface area contributed by atoms with Gasteiger partial charge in [-0.15, -0.1) is 0 Å². The molecule has 1 N–H and O–H groups in total. The zero-order chi connectivity index (χ0) is 15.7. The van der Waals surface area contributed by atoms with Crippen LogP contribution in [0.5, 0.6) is 0 Å². The molecule has 0 saturated carbocycles. The Bertz CT molecular complexity index is 855. The lowest BCUT2D eigenvalue weighted by Crippen LogP contribution is -2.07. The minimum Gasteiger partial charge on any atom is -0.481 e. The van der Waals surface area contributed by atoms with E-state index in [1.165, 1.54) is 6.07 Å². The molecular formula is C19H15FO2. The molecule has 0 radical (unpaired) electrons. The molecule has 0 spiro atoms. The van der Waals surface area contributed by atoms with Crippen molar-refractivity contribution >= 4 is 16.7 Å². The first-order valence-electron chi connectivity index (χ1n) is 7.07. The van der Waals surface area contributed by atoms with Gasteiger partial charge in [-0.25, -0.2) is 4.39 Å². The monoisotopic (exact) mass is 294 g/mol. The van der Waals surface area contributed by atoms with Gasteiger partial charge >= 0.3 is 5.97 Å². The molecule has 0 aliphatic carbocycles. The minimum absolute atomic E-state index is 0.402. The van der Waals surface area contributed by atoms with Crippen molar-refractivity contribution in [1.29, 1.82) is 0 Å². The van der Waals surface area contributed by atoms with Gasteiger partial charge < -0.3 is 5.11 Å². The molecular weight excluding hydrogens is 279 g/mol. The Hall–Kier alpha value is -2.68. The Morgan fingerprint density at radius 3 is 2.41 bits per heavy atom. The fourth-order valence-electron chi connectivity index (χ4n) is 2.53. The highest BCUT2D eigenvalue weighted by Gasteiger charge is 2.16. The summed E-state index contributed by atoms with van der Waals surface area (Å²) in [7, 11) is 0. The molecule has 0 saturated heterocycles. The summed E-state index contributed by atoms with van der Waals surface area (Å²) < 4.78 is 14.4. The van der Waals surface area contributed by atoms with E-state index in [-0.39, 0.29) is 0 Å². The average molecular weight is 294 g/mol. The van der Waals surface area contributed by atoms with E-state index < -0.39 is 17.7 Å². The number of hydrogen-bond donors (Lipinski definition) is 1. The van der Waals surface area contributed by atoms with E-state index in [1.807, 2.05) is 42.5 Å². The Balaban J connectivity index is 2.05. The number of rotatable bonds is 3. The molecule has 0 aromatic heterocycles. The summed E-state index contributed by atoms with van der Waals surface area (Å²) in [6.45, 7) is 1.55. The number of carbonyl (C=O) groups is 1. The zero-order valence-electron chi connectivity index (χ0n) is 12.1. The van der Waals surface area contributed by atoms with Crippen LogP contribution in [0.1, 0.15) is 18.4 Å². The summed E-state index contributed by atoms with van der Waals surface area (Å²) in [5.74, 6) is -2.08. The molecule has 3 rings (SSSR count). The van der Waals surface area contributed by atoms with Crippen LogP contribution < -0.4 is 0 Å². The molecule has 3 heteroatoms. The number of fused-ring (bicyclic) bond motifs is 1. The lowest BCUT2D eigenvalue weighted by Gasteiger charge is -2.10. The van der Waals surface area contributed by atoms with Crippen molar-refractivity contribution in [3.8, 4) is 11.1 Å². The Morgan fingerprint density at radius 2 is 1.73 bits per heavy atom. The van der Waals surface area contributed by atoms with Crippen molar-refractivity contribution in [1.82, 2.24) is 0 Å². The van der Waals surface area contributed by atoms with Gasteiger partial charge in [0.25, 0.3) is 0 Å². The molecule has 110 valence electrons. The molecule has 0 bridgehead atoms. The summed E-state index contributed by atoms with van der Waals surface area (Å²) in [5, 5.41) is 11.2.